The molecule has 1 unspecified atom stereocenters. The number of esters is 1. The molecule has 1 heterocycles. The summed E-state index contributed by atoms with van der Waals surface area (Å²) in [5.74, 6) is -0.531. The van der Waals surface area contributed by atoms with E-state index in [-0.39, 0.29) is 24.9 Å². The Hall–Kier alpha value is -1.32. The van der Waals surface area contributed by atoms with Gasteiger partial charge < -0.3 is 24.5 Å². The van der Waals surface area contributed by atoms with Crippen molar-refractivity contribution in [2.24, 2.45) is 5.73 Å². The number of likely N-dealkylation sites (N-methyl/N-ethyl adjacent to an activating group) is 1. The second kappa shape index (κ2) is 9.89. The molecule has 0 aromatic carbocycles. The number of hydrogen-bond acceptors (Lipinski definition) is 7. The molecule has 1 aliphatic heterocycles. The van der Waals surface area contributed by atoms with Gasteiger partial charge in [-0.3, -0.25) is 4.90 Å². The van der Waals surface area contributed by atoms with Crippen LogP contribution in [0.5, 0.6) is 0 Å². The van der Waals surface area contributed by atoms with E-state index in [0.717, 1.165) is 6.42 Å². The Labute approximate surface area is 195 Å². The van der Waals surface area contributed by atoms with Crippen molar-refractivity contribution in [1.82, 2.24) is 4.90 Å². The number of nitrogens with zero attached hydrogens (tertiary/aromatic N) is 1. The van der Waals surface area contributed by atoms with Crippen molar-refractivity contribution in [2.75, 3.05) is 13.6 Å². The van der Waals surface area contributed by atoms with Gasteiger partial charge in [0.1, 0.15) is 11.2 Å². The molecule has 8 nitrogen and oxygen atoms in total. The van der Waals surface area contributed by atoms with E-state index in [1.165, 1.54) is 4.90 Å². The molecule has 1 amide bonds. The van der Waals surface area contributed by atoms with Crippen molar-refractivity contribution in [3.63, 3.8) is 0 Å². The lowest BCUT2D eigenvalue weighted by atomic mass is 9.80. The van der Waals surface area contributed by atoms with Crippen LogP contribution >= 0.6 is 0 Å². The maximum absolute atomic E-state index is 13.2. The van der Waals surface area contributed by atoms with Crippen LogP contribution in [0.15, 0.2) is 0 Å². The maximum atomic E-state index is 13.2. The summed E-state index contributed by atoms with van der Waals surface area (Å²) < 4.78 is 23.3. The second-order valence-corrected chi connectivity index (χ2v) is 11.7. The van der Waals surface area contributed by atoms with Crippen LogP contribution in [0.3, 0.4) is 0 Å². The molecule has 0 bridgehead atoms. The van der Waals surface area contributed by atoms with Crippen LogP contribution in [0.1, 0.15) is 88.5 Å². The van der Waals surface area contributed by atoms with Crippen molar-refractivity contribution in [3.8, 4) is 0 Å². The number of rotatable bonds is 8. The molecule has 32 heavy (non-hydrogen) atoms. The van der Waals surface area contributed by atoms with Gasteiger partial charge in [0, 0.05) is 13.6 Å². The van der Waals surface area contributed by atoms with E-state index < -0.39 is 28.8 Å². The number of unbranched alkanes of at least 4 members (excludes halogenated alkanes) is 1. The van der Waals surface area contributed by atoms with E-state index >= 15 is 0 Å². The van der Waals surface area contributed by atoms with Gasteiger partial charge in [-0.25, -0.2) is 9.59 Å². The lowest BCUT2D eigenvalue weighted by Gasteiger charge is -2.40. The van der Waals surface area contributed by atoms with Gasteiger partial charge >= 0.3 is 19.2 Å². The lowest BCUT2D eigenvalue weighted by Crippen LogP contribution is -2.62. The van der Waals surface area contributed by atoms with Gasteiger partial charge in [-0.1, -0.05) is 12.8 Å². The summed E-state index contributed by atoms with van der Waals surface area (Å²) in [6.07, 6.45) is 1.78. The Balaban J connectivity index is 2.94. The van der Waals surface area contributed by atoms with E-state index in [1.54, 1.807) is 48.6 Å². The van der Waals surface area contributed by atoms with Gasteiger partial charge in [-0.2, -0.15) is 0 Å². The van der Waals surface area contributed by atoms with Crippen LogP contribution < -0.4 is 5.73 Å². The maximum Gasteiger partial charge on any atom is 0.457 e. The van der Waals surface area contributed by atoms with Crippen LogP contribution in [-0.4, -0.2) is 65.6 Å². The number of amides is 1. The highest BCUT2D eigenvalue weighted by atomic mass is 16.7. The molecule has 0 radical (unpaired) electrons. The first-order valence-electron chi connectivity index (χ1n) is 11.5. The highest BCUT2D eigenvalue weighted by Crippen LogP contribution is 2.38. The van der Waals surface area contributed by atoms with E-state index in [9.17, 15) is 9.59 Å². The number of ether oxygens (including phenoxy) is 2. The van der Waals surface area contributed by atoms with Crippen molar-refractivity contribution < 1.29 is 28.4 Å². The molecule has 1 aliphatic rings. The molecular formula is C23H45BN2O6. The van der Waals surface area contributed by atoms with Crippen LogP contribution in [0.2, 0.25) is 6.32 Å². The number of nitrogens with two attached hydrogens (primary N) is 1. The predicted molar refractivity (Wildman–Crippen MR) is 126 cm³/mol. The van der Waals surface area contributed by atoms with Gasteiger partial charge in [0.25, 0.3) is 0 Å². The first kappa shape index (κ1) is 28.7. The standard InChI is InChI=1S/C23H45BN2O6/c1-19(2,3)29-17(27)23(16-25,26(11)18(28)30-20(4,5)6)14-12-13-15-24-31-21(7,8)22(9,10)32-24/h12-16,25H2,1-11H3. The van der Waals surface area contributed by atoms with Gasteiger partial charge in [0.15, 0.2) is 5.54 Å². The highest BCUT2D eigenvalue weighted by molar-refractivity contribution is 6.45. The van der Waals surface area contributed by atoms with Gasteiger partial charge in [-0.05, 0) is 82.0 Å². The normalized spacial score (nSPS) is 19.9. The molecule has 0 aromatic rings. The van der Waals surface area contributed by atoms with Crippen molar-refractivity contribution in [2.45, 2.75) is 123 Å². The van der Waals surface area contributed by atoms with Crippen molar-refractivity contribution >= 4 is 19.2 Å². The highest BCUT2D eigenvalue weighted by Gasteiger charge is 2.51. The molecule has 1 fully saturated rings. The average molecular weight is 456 g/mol. The molecule has 0 saturated carbocycles. The molecule has 2 N–H and O–H groups in total. The van der Waals surface area contributed by atoms with Crippen LogP contribution in [0.25, 0.3) is 0 Å². The topological polar surface area (TPSA) is 100 Å². The molecule has 1 atom stereocenters. The van der Waals surface area contributed by atoms with Crippen LogP contribution in [0.4, 0.5) is 4.79 Å². The molecule has 0 aromatic heterocycles. The summed E-state index contributed by atoms with van der Waals surface area (Å²) in [5, 5.41) is 0. The van der Waals surface area contributed by atoms with Gasteiger partial charge in [-0.15, -0.1) is 0 Å². The van der Waals surface area contributed by atoms with Crippen molar-refractivity contribution in [1.29, 1.82) is 0 Å². The number of carbonyl (C=O) groups excluding carboxylic acids is 2. The summed E-state index contributed by atoms with van der Waals surface area (Å²) >= 11 is 0. The fourth-order valence-corrected chi connectivity index (χ4v) is 3.42. The van der Waals surface area contributed by atoms with Crippen molar-refractivity contribution in [3.05, 3.63) is 0 Å². The molecular weight excluding hydrogens is 411 g/mol. The Morgan fingerprint density at radius 2 is 1.38 bits per heavy atom. The van der Waals surface area contributed by atoms with E-state index in [0.29, 0.717) is 19.2 Å². The third-order valence-electron chi connectivity index (χ3n) is 6.01. The minimum Gasteiger partial charge on any atom is -0.458 e. The first-order valence-corrected chi connectivity index (χ1v) is 11.5. The molecule has 1 rings (SSSR count). The zero-order chi connectivity index (χ0) is 25.2. The molecule has 186 valence electrons. The predicted octanol–water partition coefficient (Wildman–Crippen LogP) is 4.16. The molecule has 0 aliphatic carbocycles. The smallest absolute Gasteiger partial charge is 0.457 e. The lowest BCUT2D eigenvalue weighted by molar-refractivity contribution is -0.169. The Morgan fingerprint density at radius 3 is 1.78 bits per heavy atom. The number of hydrogen-bond donors (Lipinski definition) is 1. The van der Waals surface area contributed by atoms with Gasteiger partial charge in [0.2, 0.25) is 0 Å². The quantitative estimate of drug-likeness (QED) is 0.333. The summed E-state index contributed by atoms with van der Waals surface area (Å²) in [5.41, 5.74) is 2.60. The third kappa shape index (κ3) is 7.35. The monoisotopic (exact) mass is 456 g/mol. The Kier molecular flexibility index (Phi) is 8.88. The zero-order valence-corrected chi connectivity index (χ0v) is 22.1. The van der Waals surface area contributed by atoms with E-state index in [4.69, 9.17) is 24.5 Å². The van der Waals surface area contributed by atoms with Gasteiger partial charge in [0.05, 0.1) is 11.2 Å². The average Bonchev–Trinajstić information content (AvgIpc) is 2.78. The molecule has 1 saturated heterocycles. The van der Waals surface area contributed by atoms with E-state index in [1.807, 2.05) is 27.7 Å². The Morgan fingerprint density at radius 1 is 0.906 bits per heavy atom. The summed E-state index contributed by atoms with van der Waals surface area (Å²) in [4.78, 5) is 27.4. The molecule has 0 spiro atoms. The molecule has 9 heteroatoms. The minimum absolute atomic E-state index is 0.0753. The Bertz CT molecular complexity index is 652. The third-order valence-corrected chi connectivity index (χ3v) is 6.01. The van der Waals surface area contributed by atoms with Crippen LogP contribution in [-0.2, 0) is 23.6 Å². The van der Waals surface area contributed by atoms with E-state index in [2.05, 4.69) is 0 Å². The second-order valence-electron chi connectivity index (χ2n) is 11.7. The number of carbonyl (C=O) groups is 2. The minimum atomic E-state index is -1.33. The largest absolute Gasteiger partial charge is 0.458 e. The summed E-state index contributed by atoms with van der Waals surface area (Å²) in [7, 11) is 1.23. The fourth-order valence-electron chi connectivity index (χ4n) is 3.42. The zero-order valence-electron chi connectivity index (χ0n) is 22.1. The first-order chi connectivity index (χ1) is 14.3. The SMILES string of the molecule is CN(C(=O)OC(C)(C)C)C(CN)(CCCCB1OC(C)(C)C(C)(C)O1)C(=O)OC(C)(C)C. The summed E-state index contributed by atoms with van der Waals surface area (Å²) in [6, 6.07) is 0. The summed E-state index contributed by atoms with van der Waals surface area (Å²) in [6.45, 7) is 18.7. The van der Waals surface area contributed by atoms with Crippen LogP contribution in [0, 0.1) is 0 Å². The fraction of sp³-hybridized carbons (Fsp3) is 0.913.